The zero-order chi connectivity index (χ0) is 17.8. The zero-order valence-electron chi connectivity index (χ0n) is 13.9. The summed E-state index contributed by atoms with van der Waals surface area (Å²) in [6.07, 6.45) is 1.45. The van der Waals surface area contributed by atoms with E-state index in [4.69, 9.17) is 0 Å². The molecule has 0 saturated heterocycles. The second kappa shape index (κ2) is 7.09. The van der Waals surface area contributed by atoms with Gasteiger partial charge in [-0.15, -0.1) is 0 Å². The van der Waals surface area contributed by atoms with Crippen LogP contribution in [0.15, 0.2) is 54.7 Å². The molecule has 6 heteroatoms. The molecule has 1 heterocycles. The third-order valence-electron chi connectivity index (χ3n) is 3.65. The van der Waals surface area contributed by atoms with E-state index >= 15 is 0 Å². The first kappa shape index (κ1) is 16.6. The molecule has 0 atom stereocenters. The minimum absolute atomic E-state index is 0.152. The summed E-state index contributed by atoms with van der Waals surface area (Å²) in [6, 6.07) is 13.5. The lowest BCUT2D eigenvalue weighted by atomic mass is 10.1. The Morgan fingerprint density at radius 1 is 1.04 bits per heavy atom. The molecule has 0 aliphatic heterocycles. The Morgan fingerprint density at radius 3 is 2.64 bits per heavy atom. The van der Waals surface area contributed by atoms with Crippen LogP contribution >= 0.6 is 0 Å². The number of amides is 1. The number of hydrogen-bond donors (Lipinski definition) is 2. The number of rotatable bonds is 4. The van der Waals surface area contributed by atoms with Crippen molar-refractivity contribution in [2.45, 2.75) is 13.8 Å². The summed E-state index contributed by atoms with van der Waals surface area (Å²) in [5.41, 5.74) is 3.17. The Morgan fingerprint density at radius 2 is 1.84 bits per heavy atom. The van der Waals surface area contributed by atoms with Gasteiger partial charge < -0.3 is 10.6 Å². The molecule has 0 unspecified atom stereocenters. The SMILES string of the molecule is Cc1ccc(C)c(NC(=O)c2ccnc(Nc3ccccc3F)n2)c1. The molecule has 0 aliphatic carbocycles. The van der Waals surface area contributed by atoms with Gasteiger partial charge in [0.05, 0.1) is 5.69 Å². The van der Waals surface area contributed by atoms with E-state index in [0.29, 0.717) is 0 Å². The van der Waals surface area contributed by atoms with E-state index < -0.39 is 5.82 Å². The van der Waals surface area contributed by atoms with Crippen LogP contribution in [-0.4, -0.2) is 15.9 Å². The maximum Gasteiger partial charge on any atom is 0.274 e. The van der Waals surface area contributed by atoms with Crippen LogP contribution in [0.5, 0.6) is 0 Å². The molecule has 0 bridgehead atoms. The van der Waals surface area contributed by atoms with Gasteiger partial charge in [-0.1, -0.05) is 24.3 Å². The minimum Gasteiger partial charge on any atom is -0.322 e. The van der Waals surface area contributed by atoms with E-state index in [1.54, 1.807) is 18.2 Å². The molecule has 0 spiro atoms. The number of nitrogens with one attached hydrogen (secondary N) is 2. The van der Waals surface area contributed by atoms with Gasteiger partial charge in [0.2, 0.25) is 5.95 Å². The highest BCUT2D eigenvalue weighted by molar-refractivity contribution is 6.03. The molecule has 1 aromatic heterocycles. The molecule has 3 aromatic rings. The van der Waals surface area contributed by atoms with Gasteiger partial charge in [0.15, 0.2) is 0 Å². The third-order valence-corrected chi connectivity index (χ3v) is 3.65. The van der Waals surface area contributed by atoms with Crippen molar-refractivity contribution in [2.24, 2.45) is 0 Å². The summed E-state index contributed by atoms with van der Waals surface area (Å²) in [7, 11) is 0. The van der Waals surface area contributed by atoms with E-state index in [1.165, 1.54) is 18.3 Å². The Hall–Kier alpha value is -3.28. The second-order valence-electron chi connectivity index (χ2n) is 5.64. The molecule has 0 saturated carbocycles. The molecule has 0 aliphatic rings. The number of carbonyl (C=O) groups excluding carboxylic acids is 1. The number of benzene rings is 2. The fourth-order valence-corrected chi connectivity index (χ4v) is 2.29. The van der Waals surface area contributed by atoms with Gasteiger partial charge in [-0.05, 0) is 49.2 Å². The van der Waals surface area contributed by atoms with Crippen molar-refractivity contribution in [2.75, 3.05) is 10.6 Å². The molecule has 2 aromatic carbocycles. The standard InChI is InChI=1S/C19H17FN4O/c1-12-7-8-13(2)17(11-12)22-18(25)16-9-10-21-19(24-16)23-15-6-4-3-5-14(15)20/h3-11H,1-2H3,(H,22,25)(H,21,23,24). The van der Waals surface area contributed by atoms with E-state index in [0.717, 1.165) is 16.8 Å². The number of aromatic nitrogens is 2. The number of nitrogens with zero attached hydrogens (tertiary/aromatic N) is 2. The highest BCUT2D eigenvalue weighted by Crippen LogP contribution is 2.19. The fraction of sp³-hybridized carbons (Fsp3) is 0.105. The molecule has 25 heavy (non-hydrogen) atoms. The smallest absolute Gasteiger partial charge is 0.274 e. The van der Waals surface area contributed by atoms with E-state index in [1.807, 2.05) is 32.0 Å². The van der Waals surface area contributed by atoms with Crippen molar-refractivity contribution in [1.29, 1.82) is 0 Å². The topological polar surface area (TPSA) is 66.9 Å². The van der Waals surface area contributed by atoms with Gasteiger partial charge in [0.25, 0.3) is 5.91 Å². The van der Waals surface area contributed by atoms with Crippen LogP contribution in [0.4, 0.5) is 21.7 Å². The van der Waals surface area contributed by atoms with Crippen LogP contribution in [0.2, 0.25) is 0 Å². The quantitative estimate of drug-likeness (QED) is 0.748. The highest BCUT2D eigenvalue weighted by atomic mass is 19.1. The number of halogens is 1. The number of anilines is 3. The monoisotopic (exact) mass is 336 g/mol. The summed E-state index contributed by atoms with van der Waals surface area (Å²) >= 11 is 0. The van der Waals surface area contributed by atoms with Crippen LogP contribution in [0.1, 0.15) is 21.6 Å². The zero-order valence-corrected chi connectivity index (χ0v) is 13.9. The predicted octanol–water partition coefficient (Wildman–Crippen LogP) is 4.23. The third kappa shape index (κ3) is 3.98. The molecule has 0 fully saturated rings. The Balaban J connectivity index is 1.80. The Labute approximate surface area is 145 Å². The fourth-order valence-electron chi connectivity index (χ4n) is 2.29. The Kier molecular flexibility index (Phi) is 4.70. The van der Waals surface area contributed by atoms with Crippen molar-refractivity contribution in [3.63, 3.8) is 0 Å². The maximum absolute atomic E-state index is 13.7. The van der Waals surface area contributed by atoms with Gasteiger partial charge in [-0.2, -0.15) is 0 Å². The number of aryl methyl sites for hydroxylation is 2. The largest absolute Gasteiger partial charge is 0.322 e. The first-order valence-electron chi connectivity index (χ1n) is 7.76. The molecular weight excluding hydrogens is 319 g/mol. The molecule has 0 radical (unpaired) electrons. The summed E-state index contributed by atoms with van der Waals surface area (Å²) in [5, 5.41) is 5.61. The van der Waals surface area contributed by atoms with Crippen molar-refractivity contribution in [3.05, 3.63) is 77.4 Å². The summed E-state index contributed by atoms with van der Waals surface area (Å²) in [6.45, 7) is 3.87. The lowest BCUT2D eigenvalue weighted by Gasteiger charge is -2.10. The highest BCUT2D eigenvalue weighted by Gasteiger charge is 2.11. The number of hydrogen-bond acceptors (Lipinski definition) is 4. The first-order chi connectivity index (χ1) is 12.0. The van der Waals surface area contributed by atoms with E-state index in [2.05, 4.69) is 20.6 Å². The molecule has 2 N–H and O–H groups in total. The maximum atomic E-state index is 13.7. The van der Waals surface area contributed by atoms with Crippen LogP contribution in [0.25, 0.3) is 0 Å². The van der Waals surface area contributed by atoms with Crippen molar-refractivity contribution >= 4 is 23.2 Å². The van der Waals surface area contributed by atoms with Crippen LogP contribution in [0.3, 0.4) is 0 Å². The van der Waals surface area contributed by atoms with Gasteiger partial charge >= 0.3 is 0 Å². The molecule has 3 rings (SSSR count). The average Bonchev–Trinajstić information content (AvgIpc) is 2.60. The molecular formula is C19H17FN4O. The Bertz CT molecular complexity index is 927. The number of para-hydroxylation sites is 1. The minimum atomic E-state index is -0.420. The van der Waals surface area contributed by atoms with Gasteiger partial charge in [-0.3, -0.25) is 4.79 Å². The van der Waals surface area contributed by atoms with E-state index in [-0.39, 0.29) is 23.2 Å². The van der Waals surface area contributed by atoms with Crippen LogP contribution in [0, 0.1) is 19.7 Å². The van der Waals surface area contributed by atoms with E-state index in [9.17, 15) is 9.18 Å². The molecule has 126 valence electrons. The predicted molar refractivity (Wildman–Crippen MR) is 95.6 cm³/mol. The van der Waals surface area contributed by atoms with Gasteiger partial charge in [0, 0.05) is 11.9 Å². The van der Waals surface area contributed by atoms with Gasteiger partial charge in [0.1, 0.15) is 11.5 Å². The van der Waals surface area contributed by atoms with Gasteiger partial charge in [-0.25, -0.2) is 14.4 Å². The normalized spacial score (nSPS) is 10.4. The summed E-state index contributed by atoms with van der Waals surface area (Å²) in [5.74, 6) is -0.622. The summed E-state index contributed by atoms with van der Waals surface area (Å²) < 4.78 is 13.7. The second-order valence-corrected chi connectivity index (χ2v) is 5.64. The average molecular weight is 336 g/mol. The lowest BCUT2D eigenvalue weighted by Crippen LogP contribution is -2.15. The number of carbonyl (C=O) groups is 1. The lowest BCUT2D eigenvalue weighted by molar-refractivity contribution is 0.102. The van der Waals surface area contributed by atoms with Crippen molar-refractivity contribution < 1.29 is 9.18 Å². The van der Waals surface area contributed by atoms with Crippen LogP contribution in [-0.2, 0) is 0 Å². The molecule has 1 amide bonds. The van der Waals surface area contributed by atoms with Crippen LogP contribution < -0.4 is 10.6 Å². The summed E-state index contributed by atoms with van der Waals surface area (Å²) in [4.78, 5) is 20.6. The first-order valence-corrected chi connectivity index (χ1v) is 7.76. The van der Waals surface area contributed by atoms with Crippen molar-refractivity contribution in [3.8, 4) is 0 Å². The van der Waals surface area contributed by atoms with Crippen molar-refractivity contribution in [1.82, 2.24) is 9.97 Å². The molecule has 5 nitrogen and oxygen atoms in total.